The van der Waals surface area contributed by atoms with Crippen molar-refractivity contribution in [1.29, 1.82) is 0 Å². The van der Waals surface area contributed by atoms with Crippen LogP contribution in [0.4, 0.5) is 0 Å². The van der Waals surface area contributed by atoms with Crippen molar-refractivity contribution in [2.24, 2.45) is 0 Å². The molecule has 0 aliphatic rings. The van der Waals surface area contributed by atoms with Crippen LogP contribution in [-0.4, -0.2) is 36.9 Å². The van der Waals surface area contributed by atoms with Gasteiger partial charge in [-0.3, -0.25) is 4.79 Å². The topological polar surface area (TPSA) is 58.6 Å². The van der Waals surface area contributed by atoms with E-state index in [1.54, 1.807) is 6.92 Å². The zero-order valence-corrected chi connectivity index (χ0v) is 8.38. The van der Waals surface area contributed by atoms with Gasteiger partial charge in [-0.1, -0.05) is 0 Å². The van der Waals surface area contributed by atoms with Gasteiger partial charge in [-0.2, -0.15) is 0 Å². The fraction of sp³-hybridized carbons (Fsp3) is 0.889. The number of carbonyl (C=O) groups is 1. The van der Waals surface area contributed by atoms with Crippen LogP contribution in [0.25, 0.3) is 0 Å². The average Bonchev–Trinajstić information content (AvgIpc) is 2.12. The van der Waals surface area contributed by atoms with Crippen molar-refractivity contribution in [2.45, 2.75) is 32.7 Å². The van der Waals surface area contributed by atoms with E-state index >= 15 is 0 Å². The van der Waals surface area contributed by atoms with E-state index in [-0.39, 0.29) is 18.6 Å². The van der Waals surface area contributed by atoms with Gasteiger partial charge in [0.25, 0.3) is 0 Å². The molecule has 0 aliphatic carbocycles. The highest BCUT2D eigenvalue weighted by Gasteiger charge is 2.04. The summed E-state index contributed by atoms with van der Waals surface area (Å²) in [5, 5.41) is 11.3. The SMILES string of the molecule is CCOCCCC(=O)N[C@H](C)CO. The molecule has 2 N–H and O–H groups in total. The molecule has 1 atom stereocenters. The molecule has 4 nitrogen and oxygen atoms in total. The van der Waals surface area contributed by atoms with E-state index in [0.29, 0.717) is 19.6 Å². The first kappa shape index (κ1) is 12.4. The normalized spacial score (nSPS) is 12.5. The Hall–Kier alpha value is -0.610. The third-order valence-electron chi connectivity index (χ3n) is 1.58. The number of rotatable bonds is 7. The molecule has 1 amide bonds. The van der Waals surface area contributed by atoms with Crippen molar-refractivity contribution >= 4 is 5.91 Å². The van der Waals surface area contributed by atoms with Crippen LogP contribution in [0.1, 0.15) is 26.7 Å². The Kier molecular flexibility index (Phi) is 7.63. The fourth-order valence-electron chi connectivity index (χ4n) is 0.872. The number of hydrogen-bond donors (Lipinski definition) is 2. The molecule has 0 rings (SSSR count). The lowest BCUT2D eigenvalue weighted by atomic mass is 10.3. The number of amides is 1. The summed E-state index contributed by atoms with van der Waals surface area (Å²) in [6, 6.07) is -0.153. The maximum absolute atomic E-state index is 11.1. The minimum atomic E-state index is -0.153. The summed E-state index contributed by atoms with van der Waals surface area (Å²) in [5.41, 5.74) is 0. The molecule has 0 aromatic heterocycles. The summed E-state index contributed by atoms with van der Waals surface area (Å²) in [7, 11) is 0. The van der Waals surface area contributed by atoms with Crippen molar-refractivity contribution in [3.05, 3.63) is 0 Å². The monoisotopic (exact) mass is 189 g/mol. The summed E-state index contributed by atoms with van der Waals surface area (Å²) < 4.78 is 5.09. The lowest BCUT2D eigenvalue weighted by molar-refractivity contribution is -0.122. The number of hydrogen-bond acceptors (Lipinski definition) is 3. The number of aliphatic hydroxyl groups is 1. The van der Waals surface area contributed by atoms with Crippen molar-refractivity contribution in [3.63, 3.8) is 0 Å². The van der Waals surface area contributed by atoms with Crippen molar-refractivity contribution in [1.82, 2.24) is 5.32 Å². The molecule has 0 unspecified atom stereocenters. The molecule has 0 radical (unpaired) electrons. The number of carbonyl (C=O) groups excluding carboxylic acids is 1. The fourth-order valence-corrected chi connectivity index (χ4v) is 0.872. The van der Waals surface area contributed by atoms with E-state index in [9.17, 15) is 4.79 Å². The van der Waals surface area contributed by atoms with Crippen molar-refractivity contribution in [2.75, 3.05) is 19.8 Å². The van der Waals surface area contributed by atoms with Gasteiger partial charge < -0.3 is 15.2 Å². The zero-order valence-electron chi connectivity index (χ0n) is 8.38. The summed E-state index contributed by atoms with van der Waals surface area (Å²) in [5.74, 6) is -0.0266. The quantitative estimate of drug-likeness (QED) is 0.566. The lowest BCUT2D eigenvalue weighted by Crippen LogP contribution is -2.34. The van der Waals surface area contributed by atoms with E-state index in [0.717, 1.165) is 6.42 Å². The highest BCUT2D eigenvalue weighted by molar-refractivity contribution is 5.76. The summed E-state index contributed by atoms with van der Waals surface area (Å²) >= 11 is 0. The van der Waals surface area contributed by atoms with E-state index < -0.39 is 0 Å². The molecule has 78 valence electrons. The van der Waals surface area contributed by atoms with Crippen LogP contribution in [0.2, 0.25) is 0 Å². The van der Waals surface area contributed by atoms with Crippen molar-refractivity contribution in [3.8, 4) is 0 Å². The predicted octanol–water partition coefficient (Wildman–Crippen LogP) is 0.300. The van der Waals surface area contributed by atoms with Crippen LogP contribution in [-0.2, 0) is 9.53 Å². The van der Waals surface area contributed by atoms with Gasteiger partial charge in [0.15, 0.2) is 0 Å². The van der Waals surface area contributed by atoms with Crippen LogP contribution in [0.15, 0.2) is 0 Å². The second-order valence-corrected chi connectivity index (χ2v) is 2.95. The Morgan fingerprint density at radius 1 is 1.62 bits per heavy atom. The molecular weight excluding hydrogens is 170 g/mol. The second kappa shape index (κ2) is 8.01. The lowest BCUT2D eigenvalue weighted by Gasteiger charge is -2.10. The maximum Gasteiger partial charge on any atom is 0.220 e. The predicted molar refractivity (Wildman–Crippen MR) is 50.4 cm³/mol. The zero-order chi connectivity index (χ0) is 10.1. The first-order valence-corrected chi connectivity index (χ1v) is 4.68. The van der Waals surface area contributed by atoms with Crippen LogP contribution >= 0.6 is 0 Å². The van der Waals surface area contributed by atoms with E-state index in [2.05, 4.69) is 5.32 Å². The smallest absolute Gasteiger partial charge is 0.220 e. The Morgan fingerprint density at radius 3 is 2.85 bits per heavy atom. The molecule has 0 bridgehead atoms. The van der Waals surface area contributed by atoms with E-state index in [1.165, 1.54) is 0 Å². The average molecular weight is 189 g/mol. The minimum Gasteiger partial charge on any atom is -0.394 e. The Balaban J connectivity index is 3.30. The van der Waals surface area contributed by atoms with Gasteiger partial charge >= 0.3 is 0 Å². The first-order valence-electron chi connectivity index (χ1n) is 4.68. The first-order chi connectivity index (χ1) is 6.20. The van der Waals surface area contributed by atoms with Crippen LogP contribution in [0.3, 0.4) is 0 Å². The number of ether oxygens (including phenoxy) is 1. The van der Waals surface area contributed by atoms with Gasteiger partial charge in [-0.05, 0) is 20.3 Å². The molecule has 13 heavy (non-hydrogen) atoms. The summed E-state index contributed by atoms with van der Waals surface area (Å²) in [4.78, 5) is 11.1. The Bertz CT molecular complexity index is 139. The molecule has 0 saturated carbocycles. The van der Waals surface area contributed by atoms with E-state index in [1.807, 2.05) is 6.92 Å². The standard InChI is InChI=1S/C9H19NO3/c1-3-13-6-4-5-9(12)10-8(2)7-11/h8,11H,3-7H2,1-2H3,(H,10,12)/t8-/m1/s1. The molecule has 0 aliphatic heterocycles. The van der Waals surface area contributed by atoms with Gasteiger partial charge in [0.2, 0.25) is 5.91 Å². The number of aliphatic hydroxyl groups excluding tert-OH is 1. The van der Waals surface area contributed by atoms with Crippen molar-refractivity contribution < 1.29 is 14.6 Å². The van der Waals surface area contributed by atoms with E-state index in [4.69, 9.17) is 9.84 Å². The van der Waals surface area contributed by atoms with Crippen LogP contribution in [0.5, 0.6) is 0 Å². The Morgan fingerprint density at radius 2 is 2.31 bits per heavy atom. The summed E-state index contributed by atoms with van der Waals surface area (Å²) in [6.45, 7) is 4.98. The molecule has 0 spiro atoms. The molecule has 0 heterocycles. The van der Waals surface area contributed by atoms with Gasteiger partial charge in [0.1, 0.15) is 0 Å². The minimum absolute atomic E-state index is 0.0167. The molecular formula is C9H19NO3. The van der Waals surface area contributed by atoms with Gasteiger partial charge in [0, 0.05) is 25.7 Å². The molecule has 0 aromatic rings. The molecule has 0 saturated heterocycles. The third kappa shape index (κ3) is 7.74. The largest absolute Gasteiger partial charge is 0.394 e. The highest BCUT2D eigenvalue weighted by Crippen LogP contribution is 1.91. The summed E-state index contributed by atoms with van der Waals surface area (Å²) in [6.07, 6.45) is 1.20. The van der Waals surface area contributed by atoms with Gasteiger partial charge in [0.05, 0.1) is 6.61 Å². The molecule has 4 heteroatoms. The maximum atomic E-state index is 11.1. The molecule has 0 fully saturated rings. The van der Waals surface area contributed by atoms with Gasteiger partial charge in [-0.15, -0.1) is 0 Å². The molecule has 0 aromatic carbocycles. The second-order valence-electron chi connectivity index (χ2n) is 2.95. The number of nitrogens with one attached hydrogen (secondary N) is 1. The van der Waals surface area contributed by atoms with Crippen LogP contribution < -0.4 is 5.32 Å². The van der Waals surface area contributed by atoms with Gasteiger partial charge in [-0.25, -0.2) is 0 Å². The Labute approximate surface area is 79.3 Å². The van der Waals surface area contributed by atoms with Crippen LogP contribution in [0, 0.1) is 0 Å². The third-order valence-corrected chi connectivity index (χ3v) is 1.58. The highest BCUT2D eigenvalue weighted by atomic mass is 16.5.